The second-order valence-electron chi connectivity index (χ2n) is 8.20. The van der Waals surface area contributed by atoms with Gasteiger partial charge in [0.15, 0.2) is 0 Å². The lowest BCUT2D eigenvalue weighted by molar-refractivity contribution is -0.0945. The third-order valence-corrected chi connectivity index (χ3v) is 7.68. The largest absolute Gasteiger partial charge is 0.490 e. The van der Waals surface area contributed by atoms with Gasteiger partial charge in [0.2, 0.25) is 10.0 Å². The van der Waals surface area contributed by atoms with Crippen LogP contribution in [0.2, 0.25) is 0 Å². The van der Waals surface area contributed by atoms with E-state index in [9.17, 15) is 17.2 Å². The average Bonchev–Trinajstić information content (AvgIpc) is 2.69. The van der Waals surface area contributed by atoms with E-state index in [1.807, 2.05) is 0 Å². The van der Waals surface area contributed by atoms with Gasteiger partial charge in [0.05, 0.1) is 36.3 Å². The summed E-state index contributed by atoms with van der Waals surface area (Å²) >= 11 is 0. The topological polar surface area (TPSA) is 67.9 Å². The molecule has 162 valence electrons. The van der Waals surface area contributed by atoms with Crippen molar-refractivity contribution in [3.63, 3.8) is 0 Å². The molecule has 3 fully saturated rings. The average molecular weight is 431 g/mol. The van der Waals surface area contributed by atoms with Crippen molar-refractivity contribution < 1.29 is 26.7 Å². The van der Waals surface area contributed by atoms with E-state index in [-0.39, 0.29) is 11.0 Å². The first-order chi connectivity index (χ1) is 13.8. The van der Waals surface area contributed by atoms with Crippen molar-refractivity contribution in [3.8, 4) is 5.75 Å². The Bertz CT molecular complexity index is 781. The van der Waals surface area contributed by atoms with Gasteiger partial charge in [0, 0.05) is 0 Å². The summed E-state index contributed by atoms with van der Waals surface area (Å²) < 4.78 is 63.7. The number of piperidine rings is 1. The summed E-state index contributed by atoms with van der Waals surface area (Å²) in [4.78, 5) is 0.0134. The summed E-state index contributed by atoms with van der Waals surface area (Å²) in [6.45, 7) is 0.538. The Morgan fingerprint density at radius 1 is 0.897 bits per heavy atom. The number of rotatable bonds is 6. The van der Waals surface area contributed by atoms with Crippen molar-refractivity contribution >= 4 is 10.0 Å². The standard InChI is InChI=1S/C20H28F2N2O4S/c21-20(22)13-24(14-20)29(25,26)19-7-5-17(6-8-19)27-15-1-3-16(4-2-15)28-18-9-11-23-12-10-18/h5-8,15-16,18,23H,1-4,9-14H2/t15-,16-. The lowest BCUT2D eigenvalue weighted by Crippen LogP contribution is -2.58. The van der Waals surface area contributed by atoms with E-state index >= 15 is 0 Å². The molecule has 29 heavy (non-hydrogen) atoms. The molecule has 6 nitrogen and oxygen atoms in total. The van der Waals surface area contributed by atoms with E-state index in [1.54, 1.807) is 12.1 Å². The molecule has 2 aliphatic heterocycles. The maximum Gasteiger partial charge on any atom is 0.275 e. The third kappa shape index (κ3) is 5.07. The highest BCUT2D eigenvalue weighted by atomic mass is 32.2. The minimum Gasteiger partial charge on any atom is -0.490 e. The minimum atomic E-state index is -3.87. The molecule has 1 aromatic carbocycles. The van der Waals surface area contributed by atoms with Gasteiger partial charge in [-0.25, -0.2) is 17.2 Å². The maximum atomic E-state index is 13.0. The van der Waals surface area contributed by atoms with Crippen molar-refractivity contribution in [1.29, 1.82) is 0 Å². The van der Waals surface area contributed by atoms with Crippen LogP contribution in [0.3, 0.4) is 0 Å². The fourth-order valence-electron chi connectivity index (χ4n) is 4.16. The number of alkyl halides is 2. The molecule has 2 heterocycles. The van der Waals surface area contributed by atoms with Crippen LogP contribution >= 0.6 is 0 Å². The van der Waals surface area contributed by atoms with Crippen LogP contribution in [-0.2, 0) is 14.8 Å². The molecule has 3 aliphatic rings. The number of hydrogen-bond donors (Lipinski definition) is 1. The van der Waals surface area contributed by atoms with Gasteiger partial charge in [-0.3, -0.25) is 0 Å². The molecule has 0 amide bonds. The third-order valence-electron chi connectivity index (χ3n) is 5.87. The van der Waals surface area contributed by atoms with E-state index in [0.717, 1.165) is 55.9 Å². The number of ether oxygens (including phenoxy) is 2. The van der Waals surface area contributed by atoms with E-state index in [1.165, 1.54) is 12.1 Å². The second-order valence-corrected chi connectivity index (χ2v) is 10.1. The predicted octanol–water partition coefficient (Wildman–Crippen LogP) is 2.78. The van der Waals surface area contributed by atoms with Crippen molar-refractivity contribution in [2.45, 2.75) is 67.7 Å². The molecule has 0 unspecified atom stereocenters. The molecular weight excluding hydrogens is 402 g/mol. The summed E-state index contributed by atoms with van der Waals surface area (Å²) in [6, 6.07) is 6.05. The first-order valence-electron chi connectivity index (χ1n) is 10.3. The number of nitrogens with zero attached hydrogens (tertiary/aromatic N) is 1. The predicted molar refractivity (Wildman–Crippen MR) is 104 cm³/mol. The molecule has 1 N–H and O–H groups in total. The summed E-state index contributed by atoms with van der Waals surface area (Å²) in [7, 11) is -3.87. The monoisotopic (exact) mass is 430 g/mol. The molecule has 0 radical (unpaired) electrons. The summed E-state index contributed by atoms with van der Waals surface area (Å²) in [5.74, 6) is -2.33. The van der Waals surface area contributed by atoms with Crippen LogP contribution in [0.25, 0.3) is 0 Å². The lowest BCUT2D eigenvalue weighted by atomic mass is 9.94. The van der Waals surface area contributed by atoms with Crippen LogP contribution in [0.15, 0.2) is 29.2 Å². The van der Waals surface area contributed by atoms with Crippen molar-refractivity contribution in [3.05, 3.63) is 24.3 Å². The SMILES string of the molecule is O=S(=O)(c1ccc(O[C@H]2CC[C@H](OC3CCNCC3)CC2)cc1)N1CC(F)(F)C1. The van der Waals surface area contributed by atoms with Crippen LogP contribution in [-0.4, -0.2) is 63.1 Å². The number of benzene rings is 1. The number of nitrogens with one attached hydrogen (secondary N) is 1. The Morgan fingerprint density at radius 2 is 1.45 bits per heavy atom. The molecule has 1 aliphatic carbocycles. The van der Waals surface area contributed by atoms with Gasteiger partial charge >= 0.3 is 0 Å². The fourth-order valence-corrected chi connectivity index (χ4v) is 5.66. The molecule has 9 heteroatoms. The maximum absolute atomic E-state index is 13.0. The summed E-state index contributed by atoms with van der Waals surface area (Å²) in [6.07, 6.45) is 6.60. The highest BCUT2D eigenvalue weighted by Gasteiger charge is 2.49. The highest BCUT2D eigenvalue weighted by molar-refractivity contribution is 7.89. The Balaban J connectivity index is 1.25. The molecule has 0 aromatic heterocycles. The molecule has 0 bridgehead atoms. The Hall–Kier alpha value is -1.29. The van der Waals surface area contributed by atoms with Gasteiger partial charge in [-0.2, -0.15) is 4.31 Å². The van der Waals surface area contributed by atoms with Crippen LogP contribution in [0.4, 0.5) is 8.78 Å². The van der Waals surface area contributed by atoms with Crippen molar-refractivity contribution in [1.82, 2.24) is 9.62 Å². The smallest absolute Gasteiger partial charge is 0.275 e. The second kappa shape index (κ2) is 8.45. The first kappa shape index (κ1) is 21.0. The van der Waals surface area contributed by atoms with Gasteiger partial charge in [-0.05, 0) is 75.9 Å². The lowest BCUT2D eigenvalue weighted by Gasteiger charge is -2.37. The Labute approximate surface area is 170 Å². The zero-order chi connectivity index (χ0) is 20.5. The van der Waals surface area contributed by atoms with Crippen LogP contribution < -0.4 is 10.1 Å². The molecular formula is C20H28F2N2O4S. The quantitative estimate of drug-likeness (QED) is 0.752. The Morgan fingerprint density at radius 3 is 2.03 bits per heavy atom. The molecule has 1 saturated carbocycles. The van der Waals surface area contributed by atoms with E-state index < -0.39 is 29.0 Å². The van der Waals surface area contributed by atoms with Crippen LogP contribution in [0.5, 0.6) is 5.75 Å². The zero-order valence-electron chi connectivity index (χ0n) is 16.4. The number of sulfonamides is 1. The van der Waals surface area contributed by atoms with Crippen LogP contribution in [0, 0.1) is 0 Å². The number of halogens is 2. The normalized spacial score (nSPS) is 28.6. The van der Waals surface area contributed by atoms with Gasteiger partial charge in [-0.1, -0.05) is 0 Å². The highest BCUT2D eigenvalue weighted by Crippen LogP contribution is 2.33. The fraction of sp³-hybridized carbons (Fsp3) is 0.700. The van der Waals surface area contributed by atoms with E-state index in [4.69, 9.17) is 9.47 Å². The molecule has 1 aromatic rings. The van der Waals surface area contributed by atoms with Gasteiger partial charge in [0.1, 0.15) is 5.75 Å². The Kier molecular flexibility index (Phi) is 6.11. The summed E-state index contributed by atoms with van der Waals surface area (Å²) in [5.41, 5.74) is 0. The zero-order valence-corrected chi connectivity index (χ0v) is 17.2. The van der Waals surface area contributed by atoms with Gasteiger partial charge in [-0.15, -0.1) is 0 Å². The van der Waals surface area contributed by atoms with Gasteiger partial charge < -0.3 is 14.8 Å². The minimum absolute atomic E-state index is 0.0134. The van der Waals surface area contributed by atoms with Crippen molar-refractivity contribution in [2.75, 3.05) is 26.2 Å². The molecule has 4 rings (SSSR count). The number of hydrogen-bond acceptors (Lipinski definition) is 5. The van der Waals surface area contributed by atoms with E-state index in [0.29, 0.717) is 18.0 Å². The molecule has 2 saturated heterocycles. The first-order valence-corrected chi connectivity index (χ1v) is 11.8. The molecule has 0 atom stereocenters. The molecule has 0 spiro atoms. The van der Waals surface area contributed by atoms with Crippen LogP contribution in [0.1, 0.15) is 38.5 Å². The van der Waals surface area contributed by atoms with Gasteiger partial charge in [0.25, 0.3) is 5.92 Å². The van der Waals surface area contributed by atoms with E-state index in [2.05, 4.69) is 5.32 Å². The summed E-state index contributed by atoms with van der Waals surface area (Å²) in [5, 5.41) is 3.34. The van der Waals surface area contributed by atoms with Crippen molar-refractivity contribution in [2.24, 2.45) is 0 Å².